The Balaban J connectivity index is 1.63. The fraction of sp³-hybridized carbons (Fsp3) is 0.500. The molecule has 1 aromatic carbocycles. The molecule has 0 radical (unpaired) electrons. The van der Waals surface area contributed by atoms with Gasteiger partial charge in [-0.2, -0.15) is 0 Å². The third-order valence-corrected chi connectivity index (χ3v) is 7.93. The second kappa shape index (κ2) is 8.93. The minimum Gasteiger partial charge on any atom is -0.462 e. The Morgan fingerprint density at radius 3 is 2.70 bits per heavy atom. The number of fused-ring (bicyclic) bond motifs is 3. The summed E-state index contributed by atoms with van der Waals surface area (Å²) in [6.45, 7) is 8.61. The van der Waals surface area contributed by atoms with E-state index >= 15 is 0 Å². The molecule has 6 nitrogen and oxygen atoms in total. The SMILES string of the molecule is CCOC(=O)C1=CN2C(CC1=O)c1cc(-c3nccs3)c(N3CCCC3)cc1CC2C(C)C. The topological polar surface area (TPSA) is 62.7 Å². The first-order chi connectivity index (χ1) is 16.0. The van der Waals surface area contributed by atoms with Crippen LogP contribution in [-0.2, 0) is 20.7 Å². The van der Waals surface area contributed by atoms with Gasteiger partial charge in [0.15, 0.2) is 5.78 Å². The minimum atomic E-state index is -0.512. The molecule has 2 aromatic rings. The summed E-state index contributed by atoms with van der Waals surface area (Å²) >= 11 is 1.65. The molecule has 0 amide bonds. The van der Waals surface area contributed by atoms with E-state index in [4.69, 9.17) is 4.74 Å². The van der Waals surface area contributed by atoms with Crippen molar-refractivity contribution < 1.29 is 14.3 Å². The molecular formula is C26H31N3O3S. The first-order valence-corrected chi connectivity index (χ1v) is 12.9. The molecule has 3 aliphatic rings. The van der Waals surface area contributed by atoms with Gasteiger partial charge in [0, 0.05) is 54.6 Å². The van der Waals surface area contributed by atoms with Crippen molar-refractivity contribution in [1.29, 1.82) is 0 Å². The number of ether oxygens (including phenoxy) is 1. The molecule has 0 bridgehead atoms. The summed E-state index contributed by atoms with van der Waals surface area (Å²) in [6, 6.07) is 4.78. The third kappa shape index (κ3) is 3.97. The largest absolute Gasteiger partial charge is 0.462 e. The maximum absolute atomic E-state index is 13.0. The molecule has 2 atom stereocenters. The van der Waals surface area contributed by atoms with Crippen LogP contribution < -0.4 is 4.90 Å². The Morgan fingerprint density at radius 2 is 2.03 bits per heavy atom. The standard InChI is InChI=1S/C26H31N3O3S/c1-4-32-26(31)20-15-29-21(16(2)3)11-17-12-22(28-8-5-6-9-28)19(25-27-7-10-33-25)13-18(17)23(29)14-24(20)30/h7,10,12-13,15-16,21,23H,4-6,8-9,11,14H2,1-3H3. The van der Waals surface area contributed by atoms with Crippen molar-refractivity contribution >= 4 is 28.8 Å². The molecule has 1 aromatic heterocycles. The van der Waals surface area contributed by atoms with Gasteiger partial charge in [0.05, 0.1) is 12.6 Å². The smallest absolute Gasteiger partial charge is 0.343 e. The van der Waals surface area contributed by atoms with Crippen LogP contribution in [0, 0.1) is 5.92 Å². The number of carbonyl (C=O) groups excluding carboxylic acids is 2. The second-order valence-corrected chi connectivity index (χ2v) is 10.4. The van der Waals surface area contributed by atoms with E-state index in [2.05, 4.69) is 40.8 Å². The van der Waals surface area contributed by atoms with E-state index in [0.29, 0.717) is 12.3 Å². The molecule has 0 spiro atoms. The van der Waals surface area contributed by atoms with Crippen LogP contribution in [0.25, 0.3) is 10.6 Å². The predicted octanol–water partition coefficient (Wildman–Crippen LogP) is 4.75. The van der Waals surface area contributed by atoms with Crippen LogP contribution in [0.15, 0.2) is 35.5 Å². The number of anilines is 1. The number of esters is 1. The number of hydrogen-bond donors (Lipinski definition) is 0. The van der Waals surface area contributed by atoms with Crippen LogP contribution in [-0.4, -0.2) is 47.4 Å². The van der Waals surface area contributed by atoms with Crippen molar-refractivity contribution in [2.45, 2.75) is 58.5 Å². The number of ketones is 1. The summed E-state index contributed by atoms with van der Waals surface area (Å²) in [5, 5.41) is 3.03. The average molecular weight is 466 g/mol. The Hall–Kier alpha value is -2.67. The van der Waals surface area contributed by atoms with Crippen molar-refractivity contribution in [3.8, 4) is 10.6 Å². The summed E-state index contributed by atoms with van der Waals surface area (Å²) in [7, 11) is 0. The van der Waals surface area contributed by atoms with Crippen LogP contribution in [0.2, 0.25) is 0 Å². The Bertz CT molecular complexity index is 1090. The van der Waals surface area contributed by atoms with E-state index in [1.165, 1.54) is 29.7 Å². The Kier molecular flexibility index (Phi) is 5.99. The van der Waals surface area contributed by atoms with Crippen molar-refractivity contribution in [3.63, 3.8) is 0 Å². The molecule has 174 valence electrons. The minimum absolute atomic E-state index is 0.0711. The maximum atomic E-state index is 13.0. The zero-order valence-corrected chi connectivity index (χ0v) is 20.4. The number of carbonyl (C=O) groups is 2. The molecule has 4 heterocycles. The summed E-state index contributed by atoms with van der Waals surface area (Å²) in [6.07, 6.45) is 7.25. The molecule has 0 saturated carbocycles. The van der Waals surface area contributed by atoms with Crippen LogP contribution in [0.3, 0.4) is 0 Å². The fourth-order valence-corrected chi connectivity index (χ4v) is 6.13. The maximum Gasteiger partial charge on any atom is 0.343 e. The zero-order chi connectivity index (χ0) is 23.1. The van der Waals surface area contributed by atoms with Gasteiger partial charge in [-0.15, -0.1) is 11.3 Å². The molecule has 33 heavy (non-hydrogen) atoms. The molecule has 5 rings (SSSR count). The molecule has 7 heteroatoms. The lowest BCUT2D eigenvalue weighted by atomic mass is 9.79. The van der Waals surface area contributed by atoms with Gasteiger partial charge in [0.2, 0.25) is 0 Å². The molecule has 0 aliphatic carbocycles. The number of benzene rings is 1. The van der Waals surface area contributed by atoms with E-state index in [1.807, 2.05) is 11.6 Å². The third-order valence-electron chi connectivity index (χ3n) is 7.12. The van der Waals surface area contributed by atoms with E-state index in [0.717, 1.165) is 30.1 Å². The molecule has 1 saturated heterocycles. The van der Waals surface area contributed by atoms with Gasteiger partial charge in [-0.25, -0.2) is 9.78 Å². The highest BCUT2D eigenvalue weighted by Crippen LogP contribution is 2.46. The Morgan fingerprint density at radius 1 is 1.24 bits per heavy atom. The summed E-state index contributed by atoms with van der Waals surface area (Å²) < 4.78 is 5.17. The number of aromatic nitrogens is 1. The summed E-state index contributed by atoms with van der Waals surface area (Å²) in [5.74, 6) is -0.269. The van der Waals surface area contributed by atoms with Crippen LogP contribution in [0.1, 0.15) is 57.2 Å². The van der Waals surface area contributed by atoms with E-state index in [-0.39, 0.29) is 30.0 Å². The lowest BCUT2D eigenvalue weighted by molar-refractivity contribution is -0.140. The number of Topliss-reactive ketones (excluding diaryl/α,β-unsaturated/α-hetero) is 1. The number of rotatable bonds is 5. The van der Waals surface area contributed by atoms with Gasteiger partial charge in [0.1, 0.15) is 10.6 Å². The van der Waals surface area contributed by atoms with E-state index < -0.39 is 5.97 Å². The normalized spacial score (nSPS) is 22.3. The first kappa shape index (κ1) is 22.1. The fourth-order valence-electron chi connectivity index (χ4n) is 5.47. The van der Waals surface area contributed by atoms with Gasteiger partial charge in [0.25, 0.3) is 0 Å². The van der Waals surface area contributed by atoms with E-state index in [1.54, 1.807) is 24.5 Å². The lowest BCUT2D eigenvalue weighted by Gasteiger charge is -2.47. The monoisotopic (exact) mass is 465 g/mol. The highest BCUT2D eigenvalue weighted by atomic mass is 32.1. The molecule has 1 fully saturated rings. The van der Waals surface area contributed by atoms with Gasteiger partial charge >= 0.3 is 5.97 Å². The lowest BCUT2D eigenvalue weighted by Crippen LogP contribution is -2.47. The van der Waals surface area contributed by atoms with Crippen LogP contribution in [0.4, 0.5) is 5.69 Å². The second-order valence-electron chi connectivity index (χ2n) is 9.47. The van der Waals surface area contributed by atoms with Crippen molar-refractivity contribution in [3.05, 3.63) is 46.6 Å². The number of thiazole rings is 1. The summed E-state index contributed by atoms with van der Waals surface area (Å²) in [4.78, 5) is 34.8. The van der Waals surface area contributed by atoms with E-state index in [9.17, 15) is 9.59 Å². The Labute approximate surface area is 199 Å². The van der Waals surface area contributed by atoms with Crippen molar-refractivity contribution in [2.24, 2.45) is 5.92 Å². The number of hydrogen-bond acceptors (Lipinski definition) is 7. The average Bonchev–Trinajstić information content (AvgIpc) is 3.51. The van der Waals surface area contributed by atoms with Gasteiger partial charge in [-0.1, -0.05) is 13.8 Å². The van der Waals surface area contributed by atoms with Crippen LogP contribution >= 0.6 is 11.3 Å². The molecule has 0 N–H and O–H groups in total. The molecular weight excluding hydrogens is 434 g/mol. The number of nitrogens with zero attached hydrogens (tertiary/aromatic N) is 3. The highest BCUT2D eigenvalue weighted by molar-refractivity contribution is 7.13. The predicted molar refractivity (Wildman–Crippen MR) is 130 cm³/mol. The van der Waals surface area contributed by atoms with Gasteiger partial charge < -0.3 is 14.5 Å². The zero-order valence-electron chi connectivity index (χ0n) is 19.5. The quantitative estimate of drug-likeness (QED) is 0.469. The first-order valence-electron chi connectivity index (χ1n) is 12.0. The van der Waals surface area contributed by atoms with Gasteiger partial charge in [-0.05, 0) is 55.4 Å². The van der Waals surface area contributed by atoms with Gasteiger partial charge in [-0.3, -0.25) is 4.79 Å². The van der Waals surface area contributed by atoms with Crippen molar-refractivity contribution in [2.75, 3.05) is 24.6 Å². The summed E-state index contributed by atoms with van der Waals surface area (Å²) in [5.41, 5.74) is 5.10. The van der Waals surface area contributed by atoms with Crippen molar-refractivity contribution in [1.82, 2.24) is 9.88 Å². The molecule has 3 aliphatic heterocycles. The molecule has 2 unspecified atom stereocenters. The van der Waals surface area contributed by atoms with Crippen LogP contribution in [0.5, 0.6) is 0 Å². The highest BCUT2D eigenvalue weighted by Gasteiger charge is 2.41.